The van der Waals surface area contributed by atoms with E-state index in [0.29, 0.717) is 46.4 Å². The zero-order valence-electron chi connectivity index (χ0n) is 15.8. The summed E-state index contributed by atoms with van der Waals surface area (Å²) in [5.41, 5.74) is 1.21. The van der Waals surface area contributed by atoms with Crippen LogP contribution in [-0.2, 0) is 6.18 Å². The van der Waals surface area contributed by atoms with Crippen molar-refractivity contribution in [3.63, 3.8) is 0 Å². The molecule has 0 bridgehead atoms. The smallest absolute Gasteiger partial charge is 0.416 e. The number of aromatic nitrogens is 3. The van der Waals surface area contributed by atoms with Gasteiger partial charge in [0.2, 0.25) is 5.88 Å². The maximum atomic E-state index is 12.9. The Morgan fingerprint density at radius 1 is 1.30 bits per heavy atom. The molecule has 4 rings (SSSR count). The summed E-state index contributed by atoms with van der Waals surface area (Å²) < 4.78 is 44.0. The van der Waals surface area contributed by atoms with Crippen LogP contribution in [0.2, 0.25) is 0 Å². The number of hydrogen-bond acceptors (Lipinski definition) is 8. The van der Waals surface area contributed by atoms with Gasteiger partial charge in [-0.15, -0.1) is 0 Å². The Labute approximate surface area is 173 Å². The number of aliphatic hydroxyl groups is 1. The van der Waals surface area contributed by atoms with E-state index in [4.69, 9.17) is 4.74 Å². The Balaban J connectivity index is 1.44. The van der Waals surface area contributed by atoms with Crippen LogP contribution in [0.3, 0.4) is 0 Å². The lowest BCUT2D eigenvalue weighted by atomic mass is 9.98. The van der Waals surface area contributed by atoms with Gasteiger partial charge in [0, 0.05) is 13.1 Å². The maximum Gasteiger partial charge on any atom is 0.416 e. The summed E-state index contributed by atoms with van der Waals surface area (Å²) in [6.45, 7) is 0.859. The SMILES string of the molecule is COc1ncnc2sc(NC(O)N3CC=C(c4cccc(C(F)(F)F)c4)CC3)nc12. The van der Waals surface area contributed by atoms with E-state index in [9.17, 15) is 18.3 Å². The fourth-order valence-electron chi connectivity index (χ4n) is 3.21. The Bertz CT molecular complexity index is 1090. The number of alkyl halides is 3. The van der Waals surface area contributed by atoms with Gasteiger partial charge < -0.3 is 15.2 Å². The molecule has 1 aliphatic heterocycles. The fraction of sp³-hybridized carbons (Fsp3) is 0.316. The summed E-state index contributed by atoms with van der Waals surface area (Å²) in [6, 6.07) is 5.29. The summed E-state index contributed by atoms with van der Waals surface area (Å²) in [5.74, 6) is 0.352. The Kier molecular flexibility index (Phi) is 5.58. The Hall–Kier alpha value is -2.76. The third-order valence-corrected chi connectivity index (χ3v) is 5.65. The summed E-state index contributed by atoms with van der Waals surface area (Å²) in [4.78, 5) is 14.9. The van der Waals surface area contributed by atoms with E-state index in [1.807, 2.05) is 6.08 Å². The second kappa shape index (κ2) is 8.17. The molecule has 7 nitrogen and oxygen atoms in total. The monoisotopic (exact) mass is 437 g/mol. The van der Waals surface area contributed by atoms with Crippen LogP contribution in [-0.4, -0.2) is 51.5 Å². The minimum absolute atomic E-state index is 0.352. The second-order valence-corrected chi connectivity index (χ2v) is 7.60. The molecule has 3 heterocycles. The third-order valence-electron chi connectivity index (χ3n) is 4.75. The summed E-state index contributed by atoms with van der Waals surface area (Å²) in [6.07, 6.45) is -1.66. The van der Waals surface area contributed by atoms with Crippen LogP contribution in [0.5, 0.6) is 5.88 Å². The number of ether oxygens (including phenoxy) is 1. The van der Waals surface area contributed by atoms with E-state index in [2.05, 4.69) is 20.3 Å². The maximum absolute atomic E-state index is 12.9. The van der Waals surface area contributed by atoms with Crippen LogP contribution in [0.25, 0.3) is 15.9 Å². The minimum atomic E-state index is -4.37. The molecule has 1 aromatic carbocycles. The fourth-order valence-corrected chi connectivity index (χ4v) is 4.02. The number of anilines is 1. The lowest BCUT2D eigenvalue weighted by Crippen LogP contribution is -2.43. The third kappa shape index (κ3) is 4.23. The lowest BCUT2D eigenvalue weighted by molar-refractivity contribution is -0.137. The Morgan fingerprint density at radius 3 is 2.83 bits per heavy atom. The molecule has 2 N–H and O–H groups in total. The number of nitrogens with zero attached hydrogens (tertiary/aromatic N) is 4. The van der Waals surface area contributed by atoms with Gasteiger partial charge in [-0.25, -0.2) is 9.97 Å². The van der Waals surface area contributed by atoms with Crippen LogP contribution in [0.15, 0.2) is 36.7 Å². The first-order chi connectivity index (χ1) is 14.3. The number of benzene rings is 1. The number of thiazole rings is 1. The Morgan fingerprint density at radius 2 is 2.13 bits per heavy atom. The molecule has 0 saturated carbocycles. The largest absolute Gasteiger partial charge is 0.479 e. The van der Waals surface area contributed by atoms with Gasteiger partial charge in [0.15, 0.2) is 21.8 Å². The molecule has 0 spiro atoms. The first kappa shape index (κ1) is 20.5. The van der Waals surface area contributed by atoms with E-state index in [0.717, 1.165) is 17.7 Å². The second-order valence-electron chi connectivity index (χ2n) is 6.63. The number of nitrogens with one attached hydrogen (secondary N) is 1. The zero-order valence-corrected chi connectivity index (χ0v) is 16.7. The topological polar surface area (TPSA) is 83.4 Å². The van der Waals surface area contributed by atoms with Gasteiger partial charge in [-0.2, -0.15) is 18.2 Å². The standard InChI is InChI=1S/C19H18F3N5O2S/c1-29-15-14-16(24-10-23-15)30-17(25-14)26-18(28)27-7-5-11(6-8-27)12-3-2-4-13(9-12)19(20,21)22/h2-5,9-10,18,28H,6-8H2,1H3,(H,25,26). The van der Waals surface area contributed by atoms with E-state index >= 15 is 0 Å². The normalized spacial score (nSPS) is 16.4. The van der Waals surface area contributed by atoms with Gasteiger partial charge in [0.1, 0.15) is 6.33 Å². The van der Waals surface area contributed by atoms with Gasteiger partial charge in [-0.3, -0.25) is 4.90 Å². The van der Waals surface area contributed by atoms with Crippen LogP contribution in [0.4, 0.5) is 18.3 Å². The first-order valence-electron chi connectivity index (χ1n) is 9.06. The number of aliphatic hydroxyl groups excluding tert-OH is 1. The molecule has 1 unspecified atom stereocenters. The van der Waals surface area contributed by atoms with Crippen LogP contribution in [0, 0.1) is 0 Å². The molecule has 158 valence electrons. The van der Waals surface area contributed by atoms with Crippen LogP contribution < -0.4 is 10.1 Å². The predicted molar refractivity (Wildman–Crippen MR) is 107 cm³/mol. The number of methoxy groups -OCH3 is 1. The molecule has 1 atom stereocenters. The molecule has 0 radical (unpaired) electrons. The first-order valence-corrected chi connectivity index (χ1v) is 9.87. The minimum Gasteiger partial charge on any atom is -0.479 e. The van der Waals surface area contributed by atoms with E-state index < -0.39 is 18.1 Å². The molecule has 30 heavy (non-hydrogen) atoms. The highest BCUT2D eigenvalue weighted by molar-refractivity contribution is 7.21. The number of hydrogen-bond donors (Lipinski definition) is 2. The summed E-state index contributed by atoms with van der Waals surface area (Å²) >= 11 is 1.26. The van der Waals surface area contributed by atoms with Crippen molar-refractivity contribution in [3.05, 3.63) is 47.8 Å². The number of halogens is 3. The van der Waals surface area contributed by atoms with Crippen molar-refractivity contribution in [3.8, 4) is 5.88 Å². The van der Waals surface area contributed by atoms with Gasteiger partial charge in [0.05, 0.1) is 12.7 Å². The number of rotatable bonds is 5. The molecule has 0 saturated heterocycles. The van der Waals surface area contributed by atoms with E-state index in [1.165, 1.54) is 30.8 Å². The summed E-state index contributed by atoms with van der Waals surface area (Å²) in [7, 11) is 1.49. The molecule has 1 aliphatic rings. The van der Waals surface area contributed by atoms with Crippen LogP contribution in [0.1, 0.15) is 17.5 Å². The van der Waals surface area contributed by atoms with Crippen molar-refractivity contribution in [1.82, 2.24) is 19.9 Å². The quantitative estimate of drug-likeness (QED) is 0.590. The van der Waals surface area contributed by atoms with Gasteiger partial charge in [-0.05, 0) is 29.7 Å². The molecule has 0 fully saturated rings. The molecule has 0 amide bonds. The van der Waals surface area contributed by atoms with Crippen molar-refractivity contribution in [2.75, 3.05) is 25.5 Å². The van der Waals surface area contributed by atoms with Crippen molar-refractivity contribution in [2.24, 2.45) is 0 Å². The highest BCUT2D eigenvalue weighted by Gasteiger charge is 2.31. The molecule has 2 aromatic heterocycles. The lowest BCUT2D eigenvalue weighted by Gasteiger charge is -2.31. The molecular formula is C19H18F3N5O2S. The summed E-state index contributed by atoms with van der Waals surface area (Å²) in [5, 5.41) is 13.9. The van der Waals surface area contributed by atoms with E-state index in [-0.39, 0.29) is 0 Å². The molecular weight excluding hydrogens is 419 g/mol. The van der Waals surface area contributed by atoms with Crippen molar-refractivity contribution in [1.29, 1.82) is 0 Å². The number of fused-ring (bicyclic) bond motifs is 1. The molecule has 3 aromatic rings. The van der Waals surface area contributed by atoms with Gasteiger partial charge in [0.25, 0.3) is 0 Å². The molecule has 11 heteroatoms. The predicted octanol–water partition coefficient (Wildman–Crippen LogP) is 3.59. The highest BCUT2D eigenvalue weighted by Crippen LogP contribution is 2.33. The average Bonchev–Trinajstić information content (AvgIpc) is 3.15. The van der Waals surface area contributed by atoms with Crippen molar-refractivity contribution >= 4 is 32.4 Å². The van der Waals surface area contributed by atoms with Crippen LogP contribution >= 0.6 is 11.3 Å². The van der Waals surface area contributed by atoms with Crippen molar-refractivity contribution in [2.45, 2.75) is 18.9 Å². The highest BCUT2D eigenvalue weighted by atomic mass is 32.1. The van der Waals surface area contributed by atoms with E-state index in [1.54, 1.807) is 11.0 Å². The zero-order chi connectivity index (χ0) is 21.3. The van der Waals surface area contributed by atoms with Gasteiger partial charge >= 0.3 is 6.18 Å². The van der Waals surface area contributed by atoms with Crippen molar-refractivity contribution < 1.29 is 23.0 Å². The van der Waals surface area contributed by atoms with Gasteiger partial charge in [-0.1, -0.05) is 29.5 Å². The molecule has 0 aliphatic carbocycles. The average molecular weight is 437 g/mol.